The minimum atomic E-state index is -0.718. The zero-order valence-electron chi connectivity index (χ0n) is 10.9. The van der Waals surface area contributed by atoms with E-state index in [0.717, 1.165) is 0 Å². The van der Waals surface area contributed by atoms with Crippen molar-refractivity contribution in [2.45, 2.75) is 13.8 Å². The van der Waals surface area contributed by atoms with Gasteiger partial charge in [-0.05, 0) is 13.8 Å². The smallest absolute Gasteiger partial charge is 0.312 e. The van der Waals surface area contributed by atoms with Gasteiger partial charge >= 0.3 is 5.69 Å². The Labute approximate surface area is 115 Å². The lowest BCUT2D eigenvalue weighted by Gasteiger charge is -2.22. The predicted molar refractivity (Wildman–Crippen MR) is 72.2 cm³/mol. The summed E-state index contributed by atoms with van der Waals surface area (Å²) >= 11 is 5.67. The molecule has 1 aromatic heterocycles. The highest BCUT2D eigenvalue weighted by Crippen LogP contribution is 2.26. The molecule has 7 nitrogen and oxygen atoms in total. The third-order valence-corrected chi connectivity index (χ3v) is 2.78. The Morgan fingerprint density at radius 2 is 2.21 bits per heavy atom. The van der Waals surface area contributed by atoms with Crippen molar-refractivity contribution in [2.75, 3.05) is 18.9 Å². The quantitative estimate of drug-likeness (QED) is 0.636. The Morgan fingerprint density at radius 3 is 2.74 bits per heavy atom. The molecule has 0 saturated heterocycles. The summed E-state index contributed by atoms with van der Waals surface area (Å²) < 4.78 is 0. The first-order valence-corrected chi connectivity index (χ1v) is 5.91. The van der Waals surface area contributed by atoms with E-state index in [2.05, 4.69) is 15.6 Å². The maximum atomic E-state index is 11.6. The molecule has 0 aliphatic carbocycles. The number of nitrogens with zero attached hydrogens (tertiary/aromatic N) is 2. The van der Waals surface area contributed by atoms with Crippen molar-refractivity contribution in [3.63, 3.8) is 0 Å². The molecule has 2 N–H and O–H groups in total. The van der Waals surface area contributed by atoms with E-state index in [1.807, 2.05) is 0 Å². The summed E-state index contributed by atoms with van der Waals surface area (Å²) in [5.41, 5.74) is -0.940. The SMILES string of the molecule is CNC(=O)C(C)(C)CNc1ncc(Cl)cc1[N+](=O)[O-]. The number of hydrogen-bond acceptors (Lipinski definition) is 5. The molecule has 104 valence electrons. The molecule has 0 aliphatic heterocycles. The van der Waals surface area contributed by atoms with Crippen LogP contribution in [0.15, 0.2) is 12.3 Å². The van der Waals surface area contributed by atoms with E-state index in [9.17, 15) is 14.9 Å². The molecule has 0 radical (unpaired) electrons. The van der Waals surface area contributed by atoms with Gasteiger partial charge in [-0.15, -0.1) is 0 Å². The lowest BCUT2D eigenvalue weighted by Crippen LogP contribution is -2.39. The molecule has 0 fully saturated rings. The fraction of sp³-hybridized carbons (Fsp3) is 0.455. The average molecular weight is 287 g/mol. The Morgan fingerprint density at radius 1 is 1.58 bits per heavy atom. The van der Waals surface area contributed by atoms with Gasteiger partial charge in [-0.1, -0.05) is 11.6 Å². The third kappa shape index (κ3) is 3.78. The van der Waals surface area contributed by atoms with Crippen LogP contribution in [0.1, 0.15) is 13.8 Å². The van der Waals surface area contributed by atoms with E-state index in [0.29, 0.717) is 0 Å². The van der Waals surface area contributed by atoms with E-state index in [1.165, 1.54) is 19.3 Å². The number of amides is 1. The zero-order valence-corrected chi connectivity index (χ0v) is 11.6. The maximum absolute atomic E-state index is 11.6. The van der Waals surface area contributed by atoms with E-state index < -0.39 is 10.3 Å². The molecule has 8 heteroatoms. The molecule has 0 spiro atoms. The summed E-state index contributed by atoms with van der Waals surface area (Å²) in [6.07, 6.45) is 1.31. The zero-order chi connectivity index (χ0) is 14.6. The highest BCUT2D eigenvalue weighted by Gasteiger charge is 2.27. The number of anilines is 1. The monoisotopic (exact) mass is 286 g/mol. The van der Waals surface area contributed by atoms with Crippen LogP contribution in [0.3, 0.4) is 0 Å². The van der Waals surface area contributed by atoms with Gasteiger partial charge in [-0.25, -0.2) is 4.98 Å². The molecule has 1 amide bonds. The van der Waals surface area contributed by atoms with Crippen molar-refractivity contribution in [3.8, 4) is 0 Å². The molecule has 0 aromatic carbocycles. The lowest BCUT2D eigenvalue weighted by atomic mass is 9.92. The van der Waals surface area contributed by atoms with Crippen molar-refractivity contribution >= 4 is 29.0 Å². The third-order valence-electron chi connectivity index (χ3n) is 2.57. The molecule has 0 aliphatic rings. The molecule has 1 rings (SSSR count). The number of nitro groups is 1. The average Bonchev–Trinajstić information content (AvgIpc) is 2.36. The maximum Gasteiger partial charge on any atom is 0.312 e. The second-order valence-corrected chi connectivity index (χ2v) is 5.03. The topological polar surface area (TPSA) is 97.2 Å². The molecular formula is C11H15ClN4O3. The number of hydrogen-bond donors (Lipinski definition) is 2. The fourth-order valence-corrected chi connectivity index (χ4v) is 1.58. The van der Waals surface area contributed by atoms with Crippen LogP contribution in [0.2, 0.25) is 5.02 Å². The Kier molecular flexibility index (Phi) is 4.66. The summed E-state index contributed by atoms with van der Waals surface area (Å²) in [5.74, 6) is -0.0806. The van der Waals surface area contributed by atoms with E-state index in [4.69, 9.17) is 11.6 Å². The number of pyridine rings is 1. The minimum Gasteiger partial charge on any atom is -0.363 e. The van der Waals surface area contributed by atoms with Crippen LogP contribution < -0.4 is 10.6 Å². The van der Waals surface area contributed by atoms with E-state index in [1.54, 1.807) is 13.8 Å². The van der Waals surface area contributed by atoms with Crippen LogP contribution in [0.5, 0.6) is 0 Å². The number of nitrogens with one attached hydrogen (secondary N) is 2. The highest BCUT2D eigenvalue weighted by molar-refractivity contribution is 6.30. The first-order chi connectivity index (χ1) is 8.77. The number of halogens is 1. The first kappa shape index (κ1) is 15.2. The predicted octanol–water partition coefficient (Wildman–Crippen LogP) is 1.83. The molecule has 1 aromatic rings. The van der Waals surface area contributed by atoms with Gasteiger partial charge in [0.15, 0.2) is 0 Å². The van der Waals surface area contributed by atoms with Crippen LogP contribution in [0, 0.1) is 15.5 Å². The first-order valence-electron chi connectivity index (χ1n) is 5.54. The summed E-state index contributed by atoms with van der Waals surface area (Å²) in [6, 6.07) is 1.21. The normalized spacial score (nSPS) is 10.9. The van der Waals surface area contributed by atoms with E-state index in [-0.39, 0.29) is 29.0 Å². The van der Waals surface area contributed by atoms with Gasteiger partial charge in [0.25, 0.3) is 0 Å². The lowest BCUT2D eigenvalue weighted by molar-refractivity contribution is -0.384. The Balaban J connectivity index is 2.89. The van der Waals surface area contributed by atoms with Crippen LogP contribution in [-0.2, 0) is 4.79 Å². The molecule has 1 heterocycles. The van der Waals surface area contributed by atoms with Crippen molar-refractivity contribution in [2.24, 2.45) is 5.41 Å². The van der Waals surface area contributed by atoms with Crippen LogP contribution >= 0.6 is 11.6 Å². The van der Waals surface area contributed by atoms with E-state index >= 15 is 0 Å². The van der Waals surface area contributed by atoms with Gasteiger partial charge in [-0.2, -0.15) is 0 Å². The van der Waals surface area contributed by atoms with Crippen molar-refractivity contribution in [3.05, 3.63) is 27.4 Å². The highest BCUT2D eigenvalue weighted by atomic mass is 35.5. The fourth-order valence-electron chi connectivity index (χ4n) is 1.43. The molecule has 0 bridgehead atoms. The summed E-state index contributed by atoms with van der Waals surface area (Å²) in [6.45, 7) is 3.66. The molecule has 0 unspecified atom stereocenters. The van der Waals surface area contributed by atoms with Gasteiger partial charge in [0.1, 0.15) is 0 Å². The van der Waals surface area contributed by atoms with Crippen LogP contribution in [0.25, 0.3) is 0 Å². The summed E-state index contributed by atoms with van der Waals surface area (Å²) in [5, 5.41) is 16.4. The Hall–Kier alpha value is -1.89. The molecule has 0 atom stereocenters. The Bertz CT molecular complexity index is 505. The minimum absolute atomic E-state index is 0.0892. The molecule has 0 saturated carbocycles. The van der Waals surface area contributed by atoms with Crippen molar-refractivity contribution in [1.82, 2.24) is 10.3 Å². The number of carbonyl (C=O) groups excluding carboxylic acids is 1. The summed E-state index contributed by atoms with van der Waals surface area (Å²) in [4.78, 5) is 25.8. The second-order valence-electron chi connectivity index (χ2n) is 4.59. The number of rotatable bonds is 5. The van der Waals surface area contributed by atoms with Crippen molar-refractivity contribution in [1.29, 1.82) is 0 Å². The van der Waals surface area contributed by atoms with Gasteiger partial charge in [0, 0.05) is 25.9 Å². The summed E-state index contributed by atoms with van der Waals surface area (Å²) in [7, 11) is 1.53. The van der Waals surface area contributed by atoms with Gasteiger partial charge in [0.2, 0.25) is 11.7 Å². The van der Waals surface area contributed by atoms with Crippen LogP contribution in [0.4, 0.5) is 11.5 Å². The van der Waals surface area contributed by atoms with Gasteiger partial charge < -0.3 is 10.6 Å². The molecular weight excluding hydrogens is 272 g/mol. The molecule has 19 heavy (non-hydrogen) atoms. The van der Waals surface area contributed by atoms with Gasteiger partial charge in [-0.3, -0.25) is 14.9 Å². The number of aromatic nitrogens is 1. The second kappa shape index (κ2) is 5.83. The largest absolute Gasteiger partial charge is 0.363 e. The van der Waals surface area contributed by atoms with Crippen molar-refractivity contribution < 1.29 is 9.72 Å². The number of carbonyl (C=O) groups is 1. The van der Waals surface area contributed by atoms with Crippen LogP contribution in [-0.4, -0.2) is 29.4 Å². The van der Waals surface area contributed by atoms with Gasteiger partial charge in [0.05, 0.1) is 15.4 Å². The standard InChI is InChI=1S/C11H15ClN4O3/c1-11(2,10(17)13-3)6-15-9-8(16(18)19)4-7(12)5-14-9/h4-5H,6H2,1-3H3,(H,13,17)(H,14,15).